The summed E-state index contributed by atoms with van der Waals surface area (Å²) in [4.78, 5) is 24.7. The summed E-state index contributed by atoms with van der Waals surface area (Å²) in [5, 5.41) is -0.495. The van der Waals surface area contributed by atoms with Crippen molar-refractivity contribution in [2.75, 3.05) is 0 Å². The Morgan fingerprint density at radius 3 is 2.62 bits per heavy atom. The second kappa shape index (κ2) is 7.05. The van der Waals surface area contributed by atoms with E-state index < -0.39 is 14.2 Å². The minimum Gasteiger partial charge on any atom is -0.457 e. The first-order valence-electron chi connectivity index (χ1n) is 7.68. The number of carbonyl (C=O) groups excluding carboxylic acids is 2. The maximum atomic E-state index is 12.6. The van der Waals surface area contributed by atoms with Crippen LogP contribution >= 0.6 is 55.1 Å². The molecule has 4 atom stereocenters. The van der Waals surface area contributed by atoms with Crippen LogP contribution in [-0.2, 0) is 14.3 Å². The molecule has 0 aromatic carbocycles. The summed E-state index contributed by atoms with van der Waals surface area (Å²) in [6, 6.07) is 0. The van der Waals surface area contributed by atoms with Gasteiger partial charge in [-0.15, -0.1) is 18.2 Å². The summed E-state index contributed by atoms with van der Waals surface area (Å²) in [6.45, 7) is 9.43. The van der Waals surface area contributed by atoms with Crippen LogP contribution in [0.5, 0.6) is 0 Å². The van der Waals surface area contributed by atoms with E-state index in [0.29, 0.717) is 12.0 Å². The first-order chi connectivity index (χ1) is 10.9. The normalized spacial score (nSPS) is 30.3. The van der Waals surface area contributed by atoms with E-state index in [1.54, 1.807) is 6.08 Å². The zero-order valence-electron chi connectivity index (χ0n) is 13.7. The molecule has 0 bridgehead atoms. The lowest BCUT2D eigenvalue weighted by Gasteiger charge is -2.20. The van der Waals surface area contributed by atoms with Crippen molar-refractivity contribution >= 4 is 66.8 Å². The molecule has 0 N–H and O–H groups in total. The van der Waals surface area contributed by atoms with Gasteiger partial charge in [-0.1, -0.05) is 63.4 Å². The molecule has 0 spiro atoms. The highest BCUT2D eigenvalue weighted by molar-refractivity contribution is 9.26. The Bertz CT molecular complexity index is 607. The standard InChI is InChI=1S/C17H20Br2Cl2O3/c1-5-6-9-8(2)11(7-10(9)22)24-15(23)13-12(16(13,3)4)14(20)17(18,19)21/h5,11-14H,1,6-7H2,2-4H3/t11-,12+,13-,14?/m0/s1. The second-order valence-electron chi connectivity index (χ2n) is 6.98. The fourth-order valence-electron chi connectivity index (χ4n) is 3.50. The summed E-state index contributed by atoms with van der Waals surface area (Å²) in [5.41, 5.74) is 1.21. The van der Waals surface area contributed by atoms with Gasteiger partial charge in [0.2, 0.25) is 0 Å². The lowest BCUT2D eigenvalue weighted by Crippen LogP contribution is -2.25. The molecule has 0 aromatic rings. The number of Topliss-reactive ketones (excluding diaryl/α,β-unsaturated/α-hetero) is 1. The van der Waals surface area contributed by atoms with E-state index in [4.69, 9.17) is 27.9 Å². The van der Waals surface area contributed by atoms with Crippen molar-refractivity contribution in [3.8, 4) is 0 Å². The molecule has 0 aromatic heterocycles. The third-order valence-electron chi connectivity index (χ3n) is 5.07. The molecule has 2 aliphatic carbocycles. The van der Waals surface area contributed by atoms with Crippen molar-refractivity contribution < 1.29 is 14.3 Å². The van der Waals surface area contributed by atoms with Crippen LogP contribution < -0.4 is 0 Å². The van der Waals surface area contributed by atoms with Crippen LogP contribution in [-0.4, -0.2) is 25.9 Å². The molecule has 0 radical (unpaired) electrons. The Labute approximate surface area is 169 Å². The summed E-state index contributed by atoms with van der Waals surface area (Å²) >= 11 is 19.1. The van der Waals surface area contributed by atoms with Crippen LogP contribution in [0.2, 0.25) is 0 Å². The van der Waals surface area contributed by atoms with Gasteiger partial charge >= 0.3 is 5.97 Å². The molecule has 0 heterocycles. The molecule has 0 amide bonds. The van der Waals surface area contributed by atoms with Crippen molar-refractivity contribution in [1.82, 2.24) is 0 Å². The number of rotatable bonds is 6. The zero-order chi connectivity index (χ0) is 18.4. The molecule has 1 unspecified atom stereocenters. The molecule has 3 nitrogen and oxygen atoms in total. The van der Waals surface area contributed by atoms with E-state index in [0.717, 1.165) is 5.57 Å². The summed E-state index contributed by atoms with van der Waals surface area (Å²) in [7, 11) is 0. The van der Waals surface area contributed by atoms with Crippen LogP contribution in [0.3, 0.4) is 0 Å². The van der Waals surface area contributed by atoms with Crippen LogP contribution in [0.1, 0.15) is 33.6 Å². The molecule has 2 rings (SSSR count). The Kier molecular flexibility index (Phi) is 6.01. The number of ether oxygens (including phenoxy) is 1. The number of halogens is 4. The Morgan fingerprint density at radius 2 is 2.12 bits per heavy atom. The monoisotopic (exact) mass is 500 g/mol. The number of esters is 1. The van der Waals surface area contributed by atoms with Crippen molar-refractivity contribution in [2.45, 2.75) is 47.8 Å². The van der Waals surface area contributed by atoms with Gasteiger partial charge < -0.3 is 4.74 Å². The predicted octanol–water partition coefficient (Wildman–Crippen LogP) is 5.33. The second-order valence-corrected chi connectivity index (χ2v) is 12.5. The van der Waals surface area contributed by atoms with Crippen molar-refractivity contribution in [1.29, 1.82) is 0 Å². The third kappa shape index (κ3) is 3.79. The molecule has 0 aliphatic heterocycles. The van der Waals surface area contributed by atoms with Gasteiger partial charge in [0.15, 0.2) is 8.48 Å². The van der Waals surface area contributed by atoms with Gasteiger partial charge in [0.1, 0.15) is 6.10 Å². The highest BCUT2D eigenvalue weighted by atomic mass is 79.9. The van der Waals surface area contributed by atoms with E-state index in [2.05, 4.69) is 38.4 Å². The SMILES string of the molecule is C=CCC1=C(C)[C@@H](OC(=O)[C@@H]2[C@H](C(Cl)C(Cl)(Br)Br)C2(C)C)CC1=O. The summed E-state index contributed by atoms with van der Waals surface area (Å²) in [6.07, 6.45) is 1.91. The van der Waals surface area contributed by atoms with Crippen molar-refractivity contribution in [3.63, 3.8) is 0 Å². The fraction of sp³-hybridized carbons (Fsp3) is 0.647. The smallest absolute Gasteiger partial charge is 0.310 e. The number of allylic oxidation sites excluding steroid dienone is 2. The van der Waals surface area contributed by atoms with Crippen molar-refractivity contribution in [3.05, 3.63) is 23.8 Å². The molecule has 2 aliphatic rings. The number of hydrogen-bond donors (Lipinski definition) is 0. The third-order valence-corrected chi connectivity index (χ3v) is 7.53. The number of alkyl halides is 4. The highest BCUT2D eigenvalue weighted by Crippen LogP contribution is 2.65. The molecule has 1 fully saturated rings. The van der Waals surface area contributed by atoms with Gasteiger partial charge in [-0.2, -0.15) is 0 Å². The summed E-state index contributed by atoms with van der Waals surface area (Å²) in [5.74, 6) is -0.780. The molecule has 7 heteroatoms. The van der Waals surface area contributed by atoms with Crippen LogP contribution in [0.25, 0.3) is 0 Å². The van der Waals surface area contributed by atoms with E-state index >= 15 is 0 Å². The van der Waals surface area contributed by atoms with Gasteiger partial charge in [0.05, 0.1) is 17.7 Å². The highest BCUT2D eigenvalue weighted by Gasteiger charge is 2.68. The lowest BCUT2D eigenvalue weighted by atomic mass is 10.1. The van der Waals surface area contributed by atoms with Gasteiger partial charge in [0.25, 0.3) is 0 Å². The molecule has 134 valence electrons. The first kappa shape index (κ1) is 20.5. The van der Waals surface area contributed by atoms with Crippen LogP contribution in [0.15, 0.2) is 23.8 Å². The van der Waals surface area contributed by atoms with Crippen molar-refractivity contribution in [2.24, 2.45) is 17.3 Å². The van der Waals surface area contributed by atoms with Gasteiger partial charge in [-0.05, 0) is 30.3 Å². The fourth-order valence-corrected chi connectivity index (χ4v) is 4.67. The average Bonchev–Trinajstić information content (AvgIpc) is 2.93. The first-order valence-corrected chi connectivity index (χ1v) is 10.1. The number of hydrogen-bond acceptors (Lipinski definition) is 3. The van der Waals surface area contributed by atoms with E-state index in [-0.39, 0.29) is 35.4 Å². The minimum absolute atomic E-state index is 0.0210. The number of carbonyl (C=O) groups is 2. The van der Waals surface area contributed by atoms with Crippen LogP contribution in [0, 0.1) is 17.3 Å². The molecule has 1 saturated carbocycles. The summed E-state index contributed by atoms with van der Waals surface area (Å²) < 4.78 is 4.66. The van der Waals surface area contributed by atoms with Gasteiger partial charge in [-0.3, -0.25) is 9.59 Å². The molecular formula is C17H20Br2Cl2O3. The number of ketones is 1. The minimum atomic E-state index is -0.977. The Hall–Kier alpha value is 0.160. The van der Waals surface area contributed by atoms with Gasteiger partial charge in [0, 0.05) is 5.57 Å². The Balaban J connectivity index is 2.09. The molecular weight excluding hydrogens is 483 g/mol. The maximum absolute atomic E-state index is 12.6. The zero-order valence-corrected chi connectivity index (χ0v) is 18.4. The van der Waals surface area contributed by atoms with Crippen LogP contribution in [0.4, 0.5) is 0 Å². The van der Waals surface area contributed by atoms with Gasteiger partial charge in [-0.25, -0.2) is 0 Å². The van der Waals surface area contributed by atoms with E-state index in [1.807, 2.05) is 20.8 Å². The maximum Gasteiger partial charge on any atom is 0.310 e. The topological polar surface area (TPSA) is 43.4 Å². The molecule has 0 saturated heterocycles. The van der Waals surface area contributed by atoms with E-state index in [1.165, 1.54) is 0 Å². The quantitative estimate of drug-likeness (QED) is 0.280. The predicted molar refractivity (Wildman–Crippen MR) is 104 cm³/mol. The molecule has 24 heavy (non-hydrogen) atoms. The largest absolute Gasteiger partial charge is 0.457 e. The van der Waals surface area contributed by atoms with E-state index in [9.17, 15) is 9.59 Å². The average molecular weight is 503 g/mol. The lowest BCUT2D eigenvalue weighted by molar-refractivity contribution is -0.150. The Morgan fingerprint density at radius 1 is 1.54 bits per heavy atom.